The minimum atomic E-state index is -0.0718. The van der Waals surface area contributed by atoms with Gasteiger partial charge in [-0.2, -0.15) is 0 Å². The minimum Gasteiger partial charge on any atom is -0.316 e. The number of piperidine rings is 1. The Morgan fingerprint density at radius 3 is 2.88 bits per heavy atom. The zero-order chi connectivity index (χ0) is 12.4. The van der Waals surface area contributed by atoms with Crippen LogP contribution in [0.15, 0.2) is 6.07 Å². The van der Waals surface area contributed by atoms with Crippen LogP contribution < -0.4 is 5.32 Å². The third kappa shape index (κ3) is 2.80. The zero-order valence-corrected chi connectivity index (χ0v) is 11.2. The molecule has 0 saturated carbocycles. The van der Waals surface area contributed by atoms with Gasteiger partial charge in [-0.25, -0.2) is 4.39 Å². The average Bonchev–Trinajstić information content (AvgIpc) is 2.33. The number of hydrogen-bond donors (Lipinski definition) is 1. The third-order valence-corrected chi connectivity index (χ3v) is 4.05. The van der Waals surface area contributed by atoms with Crippen molar-refractivity contribution < 1.29 is 4.39 Å². The summed E-state index contributed by atoms with van der Waals surface area (Å²) in [6, 6.07) is 1.72. The van der Waals surface area contributed by atoms with Crippen molar-refractivity contribution >= 4 is 11.6 Å². The average molecular weight is 256 g/mol. The largest absolute Gasteiger partial charge is 0.316 e. The molecule has 1 aromatic rings. The van der Waals surface area contributed by atoms with Crippen LogP contribution in [0.4, 0.5) is 4.39 Å². The van der Waals surface area contributed by atoms with Gasteiger partial charge in [-0.15, -0.1) is 0 Å². The molecule has 0 radical (unpaired) electrons. The maximum Gasteiger partial charge on any atom is 0.129 e. The summed E-state index contributed by atoms with van der Waals surface area (Å²) in [5.74, 6) is 0.465. The summed E-state index contributed by atoms with van der Waals surface area (Å²) in [5.41, 5.74) is 2.36. The van der Waals surface area contributed by atoms with E-state index in [9.17, 15) is 4.39 Å². The van der Waals surface area contributed by atoms with E-state index in [1.54, 1.807) is 13.0 Å². The van der Waals surface area contributed by atoms with Crippen LogP contribution >= 0.6 is 11.6 Å². The van der Waals surface area contributed by atoms with Crippen LogP contribution in [-0.2, 0) is 6.42 Å². The number of halogens is 2. The Balaban J connectivity index is 2.24. The molecule has 3 heteroatoms. The predicted octanol–water partition coefficient (Wildman–Crippen LogP) is 3.64. The molecule has 1 nitrogen and oxygen atoms in total. The first kappa shape index (κ1) is 12.8. The molecule has 1 aromatic carbocycles. The molecule has 17 heavy (non-hydrogen) atoms. The normalized spacial score (nSPS) is 20.6. The number of rotatable bonds is 2. The Morgan fingerprint density at radius 1 is 1.47 bits per heavy atom. The first-order valence-electron chi connectivity index (χ1n) is 6.24. The summed E-state index contributed by atoms with van der Waals surface area (Å²) in [6.07, 6.45) is 3.16. The topological polar surface area (TPSA) is 12.0 Å². The molecule has 1 unspecified atom stereocenters. The summed E-state index contributed by atoms with van der Waals surface area (Å²) in [6.45, 7) is 5.77. The van der Waals surface area contributed by atoms with Crippen molar-refractivity contribution in [3.8, 4) is 0 Å². The van der Waals surface area contributed by atoms with Gasteiger partial charge in [-0.05, 0) is 74.9 Å². The Labute approximate surface area is 107 Å². The quantitative estimate of drug-likeness (QED) is 0.851. The predicted molar refractivity (Wildman–Crippen MR) is 70.2 cm³/mol. The SMILES string of the molecule is Cc1cc(Cl)c(C)c(CC2CCCNC2)c1F. The molecule has 1 N–H and O–H groups in total. The first-order chi connectivity index (χ1) is 8.09. The molecular formula is C14H19ClFN. The van der Waals surface area contributed by atoms with Crippen molar-refractivity contribution in [1.82, 2.24) is 5.32 Å². The Kier molecular flexibility index (Phi) is 4.05. The van der Waals surface area contributed by atoms with E-state index >= 15 is 0 Å². The van der Waals surface area contributed by atoms with Crippen LogP contribution in [0.5, 0.6) is 0 Å². The molecule has 0 bridgehead atoms. The molecule has 0 aromatic heterocycles. The van der Waals surface area contributed by atoms with Gasteiger partial charge in [0.05, 0.1) is 0 Å². The Morgan fingerprint density at radius 2 is 2.24 bits per heavy atom. The fraction of sp³-hybridized carbons (Fsp3) is 0.571. The lowest BCUT2D eigenvalue weighted by molar-refractivity contribution is 0.371. The Hall–Kier alpha value is -0.600. The summed E-state index contributed by atoms with van der Waals surface area (Å²) < 4.78 is 14.1. The molecule has 94 valence electrons. The molecule has 1 aliphatic heterocycles. The summed E-state index contributed by atoms with van der Waals surface area (Å²) in [7, 11) is 0. The van der Waals surface area contributed by atoms with Crippen molar-refractivity contribution in [2.45, 2.75) is 33.1 Å². The van der Waals surface area contributed by atoms with Gasteiger partial charge < -0.3 is 5.32 Å². The maximum atomic E-state index is 14.1. The van der Waals surface area contributed by atoms with Crippen LogP contribution in [0.25, 0.3) is 0 Å². The molecule has 2 rings (SSSR count). The number of aryl methyl sites for hydroxylation is 1. The molecule has 1 aliphatic rings. The molecule has 1 saturated heterocycles. The number of nitrogens with one attached hydrogen (secondary N) is 1. The molecule has 1 fully saturated rings. The van der Waals surface area contributed by atoms with E-state index in [0.29, 0.717) is 16.5 Å². The number of hydrogen-bond acceptors (Lipinski definition) is 1. The highest BCUT2D eigenvalue weighted by atomic mass is 35.5. The lowest BCUT2D eigenvalue weighted by Gasteiger charge is -2.24. The Bertz CT molecular complexity index is 385. The molecule has 0 aliphatic carbocycles. The zero-order valence-electron chi connectivity index (χ0n) is 10.4. The van der Waals surface area contributed by atoms with Gasteiger partial charge in [-0.1, -0.05) is 11.6 Å². The smallest absolute Gasteiger partial charge is 0.129 e. The van der Waals surface area contributed by atoms with Crippen LogP contribution in [0.3, 0.4) is 0 Å². The van der Waals surface area contributed by atoms with Gasteiger partial charge in [0.1, 0.15) is 5.82 Å². The van der Waals surface area contributed by atoms with Crippen LogP contribution in [-0.4, -0.2) is 13.1 Å². The van der Waals surface area contributed by atoms with E-state index < -0.39 is 0 Å². The van der Waals surface area contributed by atoms with Crippen molar-refractivity contribution in [3.05, 3.63) is 33.6 Å². The highest BCUT2D eigenvalue weighted by molar-refractivity contribution is 6.31. The molecule has 1 heterocycles. The summed E-state index contributed by atoms with van der Waals surface area (Å²) >= 11 is 6.13. The van der Waals surface area contributed by atoms with Crippen molar-refractivity contribution in [3.63, 3.8) is 0 Å². The van der Waals surface area contributed by atoms with Crippen molar-refractivity contribution in [1.29, 1.82) is 0 Å². The van der Waals surface area contributed by atoms with E-state index in [4.69, 9.17) is 11.6 Å². The maximum absolute atomic E-state index is 14.1. The molecule has 0 amide bonds. The van der Waals surface area contributed by atoms with E-state index in [1.165, 1.54) is 12.8 Å². The summed E-state index contributed by atoms with van der Waals surface area (Å²) in [4.78, 5) is 0. The van der Waals surface area contributed by atoms with E-state index in [0.717, 1.165) is 30.6 Å². The van der Waals surface area contributed by atoms with Gasteiger partial charge in [0.15, 0.2) is 0 Å². The molecule has 1 atom stereocenters. The fourth-order valence-electron chi connectivity index (χ4n) is 2.54. The van der Waals surface area contributed by atoms with E-state index in [1.807, 2.05) is 6.92 Å². The lowest BCUT2D eigenvalue weighted by atomic mass is 9.89. The van der Waals surface area contributed by atoms with Crippen LogP contribution in [0.2, 0.25) is 5.02 Å². The number of benzene rings is 1. The van der Waals surface area contributed by atoms with E-state index in [-0.39, 0.29) is 5.82 Å². The minimum absolute atomic E-state index is 0.0718. The second kappa shape index (κ2) is 5.36. The van der Waals surface area contributed by atoms with Gasteiger partial charge in [0.25, 0.3) is 0 Å². The summed E-state index contributed by atoms with van der Waals surface area (Å²) in [5, 5.41) is 4.05. The first-order valence-corrected chi connectivity index (χ1v) is 6.62. The highest BCUT2D eigenvalue weighted by Crippen LogP contribution is 2.28. The monoisotopic (exact) mass is 255 g/mol. The second-order valence-electron chi connectivity index (χ2n) is 5.01. The molecular weight excluding hydrogens is 237 g/mol. The van der Waals surface area contributed by atoms with E-state index in [2.05, 4.69) is 5.32 Å². The highest BCUT2D eigenvalue weighted by Gasteiger charge is 2.19. The standard InChI is InChI=1S/C14H19ClFN/c1-9-6-13(15)10(2)12(14(9)16)7-11-4-3-5-17-8-11/h6,11,17H,3-5,7-8H2,1-2H3. The van der Waals surface area contributed by atoms with Gasteiger partial charge in [0, 0.05) is 5.02 Å². The fourth-order valence-corrected chi connectivity index (χ4v) is 2.82. The lowest BCUT2D eigenvalue weighted by Crippen LogP contribution is -2.31. The van der Waals surface area contributed by atoms with Gasteiger partial charge >= 0.3 is 0 Å². The molecule has 0 spiro atoms. The second-order valence-corrected chi connectivity index (χ2v) is 5.42. The van der Waals surface area contributed by atoms with Gasteiger partial charge in [-0.3, -0.25) is 0 Å². The van der Waals surface area contributed by atoms with Crippen molar-refractivity contribution in [2.24, 2.45) is 5.92 Å². The van der Waals surface area contributed by atoms with Crippen molar-refractivity contribution in [2.75, 3.05) is 13.1 Å². The van der Waals surface area contributed by atoms with Crippen LogP contribution in [0.1, 0.15) is 29.5 Å². The van der Waals surface area contributed by atoms with Crippen LogP contribution in [0, 0.1) is 25.6 Å². The van der Waals surface area contributed by atoms with Gasteiger partial charge in [0.2, 0.25) is 0 Å². The third-order valence-electron chi connectivity index (χ3n) is 3.66.